The van der Waals surface area contributed by atoms with Crippen LogP contribution in [0.4, 0.5) is 4.79 Å². The van der Waals surface area contributed by atoms with Gasteiger partial charge in [0, 0.05) is 5.92 Å². The van der Waals surface area contributed by atoms with Gasteiger partial charge < -0.3 is 9.16 Å². The van der Waals surface area contributed by atoms with Crippen molar-refractivity contribution in [2.45, 2.75) is 84.7 Å². The second-order valence-corrected chi connectivity index (χ2v) is 14.8. The summed E-state index contributed by atoms with van der Waals surface area (Å²) >= 11 is 0. The first-order valence-corrected chi connectivity index (χ1v) is 12.3. The van der Waals surface area contributed by atoms with Crippen LogP contribution < -0.4 is 0 Å². The van der Waals surface area contributed by atoms with E-state index >= 15 is 0 Å². The van der Waals surface area contributed by atoms with E-state index in [4.69, 9.17) is 9.16 Å². The normalized spacial score (nSPS) is 29.6. The van der Waals surface area contributed by atoms with Gasteiger partial charge >= 0.3 is 6.09 Å². The second-order valence-electron chi connectivity index (χ2n) is 10.0. The van der Waals surface area contributed by atoms with Gasteiger partial charge in [-0.25, -0.2) is 9.69 Å². The quantitative estimate of drug-likeness (QED) is 0.688. The van der Waals surface area contributed by atoms with E-state index in [0.29, 0.717) is 12.5 Å². The highest BCUT2D eigenvalue weighted by atomic mass is 28.4. The van der Waals surface area contributed by atoms with Crippen molar-refractivity contribution >= 4 is 20.3 Å². The van der Waals surface area contributed by atoms with Gasteiger partial charge in [0.2, 0.25) is 5.91 Å². The predicted molar refractivity (Wildman–Crippen MR) is 101 cm³/mol. The van der Waals surface area contributed by atoms with E-state index in [1.54, 1.807) is 0 Å². The van der Waals surface area contributed by atoms with E-state index in [-0.39, 0.29) is 28.8 Å². The van der Waals surface area contributed by atoms with Gasteiger partial charge in [-0.2, -0.15) is 0 Å². The fourth-order valence-corrected chi connectivity index (χ4v) is 4.55. The monoisotopic (exact) mass is 369 g/mol. The van der Waals surface area contributed by atoms with E-state index in [0.717, 1.165) is 6.42 Å². The minimum atomic E-state index is -1.94. The molecule has 1 aliphatic heterocycles. The molecule has 2 aliphatic rings. The number of likely N-dealkylation sites (tertiary alicyclic amines) is 1. The molecular weight excluding hydrogens is 334 g/mol. The van der Waals surface area contributed by atoms with E-state index in [1.165, 1.54) is 4.90 Å². The summed E-state index contributed by atoms with van der Waals surface area (Å²) in [5.41, 5.74) is -0.612. The molecule has 1 heterocycles. The van der Waals surface area contributed by atoms with Crippen LogP contribution in [0, 0.1) is 17.8 Å². The Balaban J connectivity index is 2.16. The Morgan fingerprint density at radius 1 is 1.16 bits per heavy atom. The molecule has 4 atom stereocenters. The summed E-state index contributed by atoms with van der Waals surface area (Å²) in [7, 11) is -1.94. The standard InChI is InChI=1S/C19H35NO4Si/c1-10-12-14-13(11-23-25(8,9)19(5,6)7)20(16(21)15(12)14)17(22)24-18(2,3)4/h12-15H,10-11H2,1-9H3/t12-,13+,14+,15+/m0/s1. The first-order chi connectivity index (χ1) is 11.2. The minimum absolute atomic E-state index is 0.0227. The van der Waals surface area contributed by atoms with Crippen molar-refractivity contribution in [2.24, 2.45) is 17.8 Å². The lowest BCUT2D eigenvalue weighted by molar-refractivity contribution is -0.131. The highest BCUT2D eigenvalue weighted by molar-refractivity contribution is 6.74. The molecule has 0 bridgehead atoms. The summed E-state index contributed by atoms with van der Waals surface area (Å²) in [5, 5.41) is 0.0967. The zero-order valence-corrected chi connectivity index (χ0v) is 18.3. The molecule has 144 valence electrons. The van der Waals surface area contributed by atoms with Crippen LogP contribution in [-0.4, -0.2) is 43.5 Å². The maximum absolute atomic E-state index is 12.8. The molecule has 0 N–H and O–H groups in total. The van der Waals surface area contributed by atoms with Crippen molar-refractivity contribution in [1.82, 2.24) is 4.90 Å². The summed E-state index contributed by atoms with van der Waals surface area (Å²) in [6.07, 6.45) is 0.447. The van der Waals surface area contributed by atoms with Crippen molar-refractivity contribution in [3.8, 4) is 0 Å². The van der Waals surface area contributed by atoms with Gasteiger partial charge in [0.25, 0.3) is 0 Å². The molecular formula is C19H35NO4Si. The number of imide groups is 1. The van der Waals surface area contributed by atoms with E-state index in [1.807, 2.05) is 20.8 Å². The van der Waals surface area contributed by atoms with Crippen molar-refractivity contribution in [3.63, 3.8) is 0 Å². The Labute approximate surface area is 153 Å². The van der Waals surface area contributed by atoms with Crippen LogP contribution in [0.15, 0.2) is 0 Å². The highest BCUT2D eigenvalue weighted by Crippen LogP contribution is 2.58. The van der Waals surface area contributed by atoms with Crippen LogP contribution in [0.2, 0.25) is 18.1 Å². The third kappa shape index (κ3) is 3.95. The molecule has 0 radical (unpaired) electrons. The molecule has 25 heavy (non-hydrogen) atoms. The first-order valence-electron chi connectivity index (χ1n) is 9.41. The molecule has 1 saturated carbocycles. The largest absolute Gasteiger partial charge is 0.443 e. The topological polar surface area (TPSA) is 55.8 Å². The molecule has 0 aromatic heterocycles. The number of carbonyl (C=O) groups excluding carboxylic acids is 2. The number of hydrogen-bond acceptors (Lipinski definition) is 4. The molecule has 0 aromatic carbocycles. The van der Waals surface area contributed by atoms with Gasteiger partial charge in [0.1, 0.15) is 5.60 Å². The lowest BCUT2D eigenvalue weighted by Crippen LogP contribution is -2.50. The fraction of sp³-hybridized carbons (Fsp3) is 0.895. The van der Waals surface area contributed by atoms with Gasteiger partial charge in [-0.3, -0.25) is 4.79 Å². The number of ether oxygens (including phenoxy) is 1. The Hall–Kier alpha value is -0.883. The Morgan fingerprint density at radius 2 is 1.72 bits per heavy atom. The van der Waals surface area contributed by atoms with Gasteiger partial charge in [-0.15, -0.1) is 0 Å². The number of nitrogens with zero attached hydrogens (tertiary/aromatic N) is 1. The highest BCUT2D eigenvalue weighted by Gasteiger charge is 2.67. The first kappa shape index (κ1) is 20.4. The third-order valence-corrected chi connectivity index (χ3v) is 10.5. The molecule has 2 fully saturated rings. The van der Waals surface area contributed by atoms with Crippen molar-refractivity contribution in [3.05, 3.63) is 0 Å². The van der Waals surface area contributed by atoms with Crippen LogP contribution in [0.1, 0.15) is 54.9 Å². The number of carbonyl (C=O) groups is 2. The number of amides is 2. The summed E-state index contributed by atoms with van der Waals surface area (Å²) in [6, 6.07) is -0.188. The third-order valence-electron chi connectivity index (χ3n) is 6.01. The average Bonchev–Trinajstić information content (AvgIpc) is 3.05. The molecule has 0 unspecified atom stereocenters. The Morgan fingerprint density at radius 3 is 2.16 bits per heavy atom. The van der Waals surface area contributed by atoms with E-state index < -0.39 is 20.0 Å². The Kier molecular flexibility index (Phi) is 5.21. The number of hydrogen-bond donors (Lipinski definition) is 0. The predicted octanol–water partition coefficient (Wildman–Crippen LogP) is 4.43. The maximum atomic E-state index is 12.8. The van der Waals surface area contributed by atoms with Crippen LogP contribution in [0.5, 0.6) is 0 Å². The summed E-state index contributed by atoms with van der Waals surface area (Å²) in [6.45, 7) is 19.0. The summed E-state index contributed by atoms with van der Waals surface area (Å²) in [5.74, 6) is 0.523. The number of rotatable bonds is 4. The van der Waals surface area contributed by atoms with Gasteiger partial charge in [0.05, 0.1) is 12.6 Å². The molecule has 2 rings (SSSR count). The zero-order valence-electron chi connectivity index (χ0n) is 17.3. The van der Waals surface area contributed by atoms with Crippen LogP contribution >= 0.6 is 0 Å². The molecule has 5 nitrogen and oxygen atoms in total. The minimum Gasteiger partial charge on any atom is -0.443 e. The van der Waals surface area contributed by atoms with Crippen molar-refractivity contribution < 1.29 is 18.8 Å². The number of piperidine rings is 1. The van der Waals surface area contributed by atoms with Crippen LogP contribution in [0.3, 0.4) is 0 Å². The van der Waals surface area contributed by atoms with E-state index in [9.17, 15) is 9.59 Å². The molecule has 1 aliphatic carbocycles. The maximum Gasteiger partial charge on any atom is 0.417 e. The molecule has 0 aromatic rings. The second kappa shape index (κ2) is 6.37. The molecule has 1 saturated heterocycles. The summed E-state index contributed by atoms with van der Waals surface area (Å²) in [4.78, 5) is 26.7. The van der Waals surface area contributed by atoms with Crippen LogP contribution in [0.25, 0.3) is 0 Å². The van der Waals surface area contributed by atoms with E-state index in [2.05, 4.69) is 40.8 Å². The molecule has 6 heteroatoms. The smallest absolute Gasteiger partial charge is 0.417 e. The zero-order chi connectivity index (χ0) is 19.4. The van der Waals surface area contributed by atoms with Gasteiger partial charge in [0.15, 0.2) is 8.32 Å². The van der Waals surface area contributed by atoms with Crippen LogP contribution in [-0.2, 0) is 14.0 Å². The molecule has 2 amide bonds. The van der Waals surface area contributed by atoms with Gasteiger partial charge in [-0.1, -0.05) is 34.1 Å². The lowest BCUT2D eigenvalue weighted by Gasteiger charge is -2.38. The summed E-state index contributed by atoms with van der Waals surface area (Å²) < 4.78 is 11.8. The van der Waals surface area contributed by atoms with Gasteiger partial charge in [-0.05, 0) is 50.7 Å². The lowest BCUT2D eigenvalue weighted by atomic mass is 10.1. The Bertz CT molecular complexity index is 547. The van der Waals surface area contributed by atoms with Crippen molar-refractivity contribution in [2.75, 3.05) is 6.61 Å². The average molecular weight is 370 g/mol. The van der Waals surface area contributed by atoms with Crippen molar-refractivity contribution in [1.29, 1.82) is 0 Å². The number of fused-ring (bicyclic) bond motifs is 1. The molecule has 0 spiro atoms. The SMILES string of the molecule is CC[C@@H]1[C@H]2C(=O)N(C(=O)OC(C)(C)C)[C@H](CO[Si](C)(C)C(C)(C)C)[C@@H]12. The fourth-order valence-electron chi connectivity index (χ4n) is 3.53.